The van der Waals surface area contributed by atoms with E-state index in [1.165, 1.54) is 54.2 Å². The van der Waals surface area contributed by atoms with Crippen LogP contribution in [0.5, 0.6) is 0 Å². The Morgan fingerprint density at radius 3 is 2.65 bits per heavy atom. The first-order valence-electron chi connectivity index (χ1n) is 8.17. The van der Waals surface area contributed by atoms with Gasteiger partial charge in [-0.15, -0.1) is 0 Å². The number of fused-ring (bicyclic) bond motifs is 1. The van der Waals surface area contributed by atoms with E-state index in [4.69, 9.17) is 10.7 Å². The molecule has 0 bridgehead atoms. The summed E-state index contributed by atoms with van der Waals surface area (Å²) in [6.45, 7) is 2.32. The van der Waals surface area contributed by atoms with Crippen molar-refractivity contribution in [3.05, 3.63) is 10.6 Å². The van der Waals surface area contributed by atoms with Crippen molar-refractivity contribution in [2.45, 2.75) is 70.4 Å². The quantitative estimate of drug-likeness (QED) is 0.919. The second-order valence-corrected chi connectivity index (χ2v) is 7.51. The van der Waals surface area contributed by atoms with Crippen LogP contribution in [0.15, 0.2) is 0 Å². The van der Waals surface area contributed by atoms with Crippen LogP contribution >= 0.6 is 11.3 Å². The van der Waals surface area contributed by atoms with Gasteiger partial charge in [0.15, 0.2) is 5.13 Å². The molecule has 3 nitrogen and oxygen atoms in total. The van der Waals surface area contributed by atoms with Crippen LogP contribution in [0.1, 0.15) is 68.5 Å². The van der Waals surface area contributed by atoms with Crippen molar-refractivity contribution in [1.29, 1.82) is 0 Å². The van der Waals surface area contributed by atoms with E-state index in [2.05, 4.69) is 18.9 Å². The molecular formula is C16H27N3S. The predicted octanol–water partition coefficient (Wildman–Crippen LogP) is 3.88. The van der Waals surface area contributed by atoms with Crippen molar-refractivity contribution in [2.24, 2.45) is 11.7 Å². The summed E-state index contributed by atoms with van der Waals surface area (Å²) in [5.41, 5.74) is 7.50. The van der Waals surface area contributed by atoms with Crippen molar-refractivity contribution in [2.75, 3.05) is 11.9 Å². The molecule has 2 aliphatic rings. The standard InChI is InChI=1S/C16H27N3S/c1-3-11-7-9-12(10-8-11)19(2)16-18-14-6-4-5-13(17)15(14)20-16/h11-13H,3-10,17H2,1-2H3. The van der Waals surface area contributed by atoms with Gasteiger partial charge in [-0.3, -0.25) is 0 Å². The zero-order chi connectivity index (χ0) is 14.1. The Balaban J connectivity index is 1.70. The fraction of sp³-hybridized carbons (Fsp3) is 0.812. The molecule has 0 amide bonds. The van der Waals surface area contributed by atoms with E-state index in [0.29, 0.717) is 6.04 Å². The van der Waals surface area contributed by atoms with Crippen molar-refractivity contribution in [1.82, 2.24) is 4.98 Å². The molecule has 2 aliphatic carbocycles. The Bertz CT molecular complexity index is 449. The molecule has 0 aliphatic heterocycles. The second-order valence-electron chi connectivity index (χ2n) is 6.50. The van der Waals surface area contributed by atoms with E-state index in [9.17, 15) is 0 Å². The van der Waals surface area contributed by atoms with Gasteiger partial charge in [0.1, 0.15) is 0 Å². The van der Waals surface area contributed by atoms with Crippen LogP contribution in [0.4, 0.5) is 5.13 Å². The van der Waals surface area contributed by atoms with Crippen molar-refractivity contribution >= 4 is 16.5 Å². The van der Waals surface area contributed by atoms with E-state index in [1.54, 1.807) is 0 Å². The normalized spacial score (nSPS) is 30.1. The molecular weight excluding hydrogens is 266 g/mol. The monoisotopic (exact) mass is 293 g/mol. The molecule has 1 saturated carbocycles. The number of hydrogen-bond donors (Lipinski definition) is 1. The van der Waals surface area contributed by atoms with Crippen LogP contribution in [0.3, 0.4) is 0 Å². The number of anilines is 1. The summed E-state index contributed by atoms with van der Waals surface area (Å²) in [4.78, 5) is 8.66. The molecule has 1 fully saturated rings. The third kappa shape index (κ3) is 2.73. The maximum atomic E-state index is 6.23. The molecule has 1 aromatic heterocycles. The minimum absolute atomic E-state index is 0.231. The molecule has 2 N–H and O–H groups in total. The smallest absolute Gasteiger partial charge is 0.185 e. The van der Waals surface area contributed by atoms with Crippen LogP contribution in [-0.2, 0) is 6.42 Å². The Morgan fingerprint density at radius 1 is 1.25 bits per heavy atom. The molecule has 1 heterocycles. The summed E-state index contributed by atoms with van der Waals surface area (Å²) in [5, 5.41) is 1.20. The molecule has 0 radical (unpaired) electrons. The first kappa shape index (κ1) is 14.3. The number of nitrogens with two attached hydrogens (primary N) is 1. The molecule has 20 heavy (non-hydrogen) atoms. The van der Waals surface area contributed by atoms with Gasteiger partial charge in [-0.2, -0.15) is 0 Å². The highest BCUT2D eigenvalue weighted by atomic mass is 32.1. The highest BCUT2D eigenvalue weighted by Gasteiger charge is 2.27. The molecule has 0 spiro atoms. The van der Waals surface area contributed by atoms with E-state index in [1.807, 2.05) is 11.3 Å². The van der Waals surface area contributed by atoms with Gasteiger partial charge in [0.25, 0.3) is 0 Å². The number of hydrogen-bond acceptors (Lipinski definition) is 4. The molecule has 4 heteroatoms. The first-order chi connectivity index (χ1) is 9.69. The first-order valence-corrected chi connectivity index (χ1v) is 8.98. The number of nitrogens with zero attached hydrogens (tertiary/aromatic N) is 2. The van der Waals surface area contributed by atoms with Gasteiger partial charge >= 0.3 is 0 Å². The lowest BCUT2D eigenvalue weighted by molar-refractivity contribution is 0.313. The van der Waals surface area contributed by atoms with Crippen LogP contribution < -0.4 is 10.6 Å². The van der Waals surface area contributed by atoms with E-state index in [0.717, 1.165) is 18.8 Å². The van der Waals surface area contributed by atoms with E-state index < -0.39 is 0 Å². The molecule has 112 valence electrons. The predicted molar refractivity (Wildman–Crippen MR) is 86.4 cm³/mol. The Hall–Kier alpha value is -0.610. The van der Waals surface area contributed by atoms with E-state index in [-0.39, 0.29) is 6.04 Å². The summed E-state index contributed by atoms with van der Waals surface area (Å²) in [6, 6.07) is 0.913. The van der Waals surface area contributed by atoms with Gasteiger partial charge < -0.3 is 10.6 Å². The Morgan fingerprint density at radius 2 is 2.00 bits per heavy atom. The zero-order valence-corrected chi connectivity index (χ0v) is 13.6. The highest BCUT2D eigenvalue weighted by molar-refractivity contribution is 7.15. The van der Waals surface area contributed by atoms with Crippen LogP contribution in [-0.4, -0.2) is 18.1 Å². The molecule has 1 unspecified atom stereocenters. The summed E-state index contributed by atoms with van der Waals surface area (Å²) < 4.78 is 0. The third-order valence-corrected chi connectivity index (χ3v) is 6.54. The average Bonchev–Trinajstić information content (AvgIpc) is 2.92. The largest absolute Gasteiger partial charge is 0.348 e. The molecule has 0 aromatic carbocycles. The summed E-state index contributed by atoms with van der Waals surface area (Å²) in [5.74, 6) is 0.956. The lowest BCUT2D eigenvalue weighted by Crippen LogP contribution is -2.35. The maximum absolute atomic E-state index is 6.23. The lowest BCUT2D eigenvalue weighted by Gasteiger charge is -2.34. The van der Waals surface area contributed by atoms with Gasteiger partial charge in [0.2, 0.25) is 0 Å². The average molecular weight is 293 g/mol. The zero-order valence-electron chi connectivity index (χ0n) is 12.8. The number of aryl methyl sites for hydroxylation is 1. The van der Waals surface area contributed by atoms with Crippen LogP contribution in [0.25, 0.3) is 0 Å². The van der Waals surface area contributed by atoms with Crippen molar-refractivity contribution in [3.8, 4) is 0 Å². The maximum Gasteiger partial charge on any atom is 0.185 e. The summed E-state index contributed by atoms with van der Waals surface area (Å²) in [7, 11) is 2.23. The van der Waals surface area contributed by atoms with Crippen molar-refractivity contribution in [3.63, 3.8) is 0 Å². The fourth-order valence-electron chi connectivity index (χ4n) is 3.69. The van der Waals surface area contributed by atoms with Gasteiger partial charge in [-0.25, -0.2) is 4.98 Å². The van der Waals surface area contributed by atoms with Crippen molar-refractivity contribution < 1.29 is 0 Å². The number of aromatic nitrogens is 1. The van der Waals surface area contributed by atoms with Crippen LogP contribution in [0, 0.1) is 5.92 Å². The molecule has 3 rings (SSSR count). The lowest BCUT2D eigenvalue weighted by atomic mass is 9.84. The summed E-state index contributed by atoms with van der Waals surface area (Å²) in [6.07, 6.45) is 10.2. The molecule has 1 atom stereocenters. The number of rotatable bonds is 3. The topological polar surface area (TPSA) is 42.2 Å². The minimum Gasteiger partial charge on any atom is -0.348 e. The number of thiazole rings is 1. The van der Waals surface area contributed by atoms with E-state index >= 15 is 0 Å². The minimum atomic E-state index is 0.231. The van der Waals surface area contributed by atoms with Gasteiger partial charge in [0, 0.05) is 24.0 Å². The Labute approximate surface area is 126 Å². The van der Waals surface area contributed by atoms with Crippen LogP contribution in [0.2, 0.25) is 0 Å². The SMILES string of the molecule is CCC1CCC(N(C)c2nc3c(s2)C(N)CCC3)CC1. The fourth-order valence-corrected chi connectivity index (χ4v) is 4.87. The molecule has 1 aromatic rings. The summed E-state index contributed by atoms with van der Waals surface area (Å²) >= 11 is 1.84. The molecule has 0 saturated heterocycles. The van der Waals surface area contributed by atoms with Gasteiger partial charge in [-0.1, -0.05) is 24.7 Å². The highest BCUT2D eigenvalue weighted by Crippen LogP contribution is 2.38. The van der Waals surface area contributed by atoms with Gasteiger partial charge in [-0.05, 0) is 50.9 Å². The van der Waals surface area contributed by atoms with Gasteiger partial charge in [0.05, 0.1) is 5.69 Å². The third-order valence-electron chi connectivity index (χ3n) is 5.22. The second kappa shape index (κ2) is 6.02. The Kier molecular flexibility index (Phi) is 4.32.